The van der Waals surface area contributed by atoms with Crippen LogP contribution in [0, 0.1) is 0 Å². The van der Waals surface area contributed by atoms with Gasteiger partial charge < -0.3 is 9.47 Å². The molecule has 0 saturated heterocycles. The minimum Gasteiger partial charge on any atom is -0.497 e. The molecule has 6 aromatic rings. The van der Waals surface area contributed by atoms with Crippen LogP contribution < -0.4 is 4.74 Å². The van der Waals surface area contributed by atoms with E-state index in [-0.39, 0.29) is 17.3 Å². The van der Waals surface area contributed by atoms with E-state index in [9.17, 15) is 4.79 Å². The van der Waals surface area contributed by atoms with Crippen LogP contribution in [-0.2, 0) is 21.4 Å². The number of ether oxygens (including phenoxy) is 2. The Morgan fingerprint density at radius 3 is 1.35 bits per heavy atom. The van der Waals surface area contributed by atoms with Gasteiger partial charge in [-0.25, -0.2) is 0 Å². The second-order valence-corrected chi connectivity index (χ2v) is 12.0. The van der Waals surface area contributed by atoms with Crippen molar-refractivity contribution >= 4 is 5.97 Å². The van der Waals surface area contributed by atoms with Crippen molar-refractivity contribution in [3.05, 3.63) is 197 Å². The molecule has 0 unspecified atom stereocenters. The third-order valence-corrected chi connectivity index (χ3v) is 9.04. The number of esters is 1. The number of aryl methyl sites for hydroxylation is 1. The Hall–Kier alpha value is -5.41. The van der Waals surface area contributed by atoms with Crippen molar-refractivity contribution in [2.45, 2.75) is 38.5 Å². The van der Waals surface area contributed by atoms with E-state index in [2.05, 4.69) is 141 Å². The highest BCUT2D eigenvalue weighted by molar-refractivity contribution is 5.79. The molecule has 48 heavy (non-hydrogen) atoms. The summed E-state index contributed by atoms with van der Waals surface area (Å²) in [6, 6.07) is 56.9. The highest BCUT2D eigenvalue weighted by Gasteiger charge is 2.31. The molecule has 7 rings (SSSR count). The third kappa shape index (κ3) is 7.93. The van der Waals surface area contributed by atoms with E-state index in [4.69, 9.17) is 9.47 Å². The Labute approximate surface area is 285 Å². The number of hydrogen-bond donors (Lipinski definition) is 0. The number of carbonyl (C=O) groups is 1. The van der Waals surface area contributed by atoms with E-state index in [0.717, 1.165) is 12.2 Å². The monoisotopic (exact) mass is 632 g/mol. The Morgan fingerprint density at radius 1 is 0.583 bits per heavy atom. The number of methoxy groups -OCH3 is 1. The van der Waals surface area contributed by atoms with Crippen molar-refractivity contribution < 1.29 is 14.3 Å². The van der Waals surface area contributed by atoms with Crippen LogP contribution in [0.2, 0.25) is 0 Å². The van der Waals surface area contributed by atoms with Gasteiger partial charge in [-0.1, -0.05) is 159 Å². The standard InChI is InChI=1S/C20H18.C16H14O2.C9H12O/c1-20(17-11-5-2-6-12-17,18-13-7-3-8-14-18)19-15-9-4-10-16-19;1-11(17)18-10-16-14-8-4-2-6-12(14)13-7-3-5-9-15(13)16;1-3-8-4-6-9(10-2)7-5-8/h2-16H,1H3;2-9,16H,10H2,1H3;4-7H,3H2,1-2H3. The Balaban J connectivity index is 0.000000149. The van der Waals surface area contributed by atoms with E-state index in [1.165, 1.54) is 51.4 Å². The number of rotatable bonds is 7. The van der Waals surface area contributed by atoms with Gasteiger partial charge in [-0.2, -0.15) is 0 Å². The van der Waals surface area contributed by atoms with Gasteiger partial charge in [0.05, 0.1) is 7.11 Å². The number of fused-ring (bicyclic) bond motifs is 3. The van der Waals surface area contributed by atoms with Crippen LogP contribution in [0.4, 0.5) is 0 Å². The highest BCUT2D eigenvalue weighted by Crippen LogP contribution is 2.44. The van der Waals surface area contributed by atoms with E-state index in [1.807, 2.05) is 36.4 Å². The van der Waals surface area contributed by atoms with Crippen molar-refractivity contribution in [3.8, 4) is 16.9 Å². The van der Waals surface area contributed by atoms with Crippen molar-refractivity contribution in [1.82, 2.24) is 0 Å². The second-order valence-electron chi connectivity index (χ2n) is 12.0. The van der Waals surface area contributed by atoms with Gasteiger partial charge in [-0.3, -0.25) is 4.79 Å². The first-order valence-electron chi connectivity index (χ1n) is 16.6. The predicted molar refractivity (Wildman–Crippen MR) is 198 cm³/mol. The Morgan fingerprint density at radius 2 is 0.979 bits per heavy atom. The van der Waals surface area contributed by atoms with Crippen LogP contribution in [0.5, 0.6) is 5.75 Å². The maximum absolute atomic E-state index is 11.0. The van der Waals surface area contributed by atoms with Crippen LogP contribution >= 0.6 is 0 Å². The fourth-order valence-corrected chi connectivity index (χ4v) is 6.32. The van der Waals surface area contributed by atoms with Crippen LogP contribution in [-0.4, -0.2) is 19.7 Å². The largest absolute Gasteiger partial charge is 0.497 e. The minimum atomic E-state index is -0.225. The molecule has 0 aromatic heterocycles. The van der Waals surface area contributed by atoms with Crippen molar-refractivity contribution in [1.29, 1.82) is 0 Å². The quantitative estimate of drug-likeness (QED) is 0.130. The average Bonchev–Trinajstić information content (AvgIpc) is 3.48. The molecule has 0 aliphatic heterocycles. The average molecular weight is 633 g/mol. The summed E-state index contributed by atoms with van der Waals surface area (Å²) in [5.74, 6) is 0.871. The van der Waals surface area contributed by atoms with Crippen molar-refractivity contribution in [2.24, 2.45) is 0 Å². The summed E-state index contributed by atoms with van der Waals surface area (Å²) < 4.78 is 10.2. The van der Waals surface area contributed by atoms with Crippen LogP contribution in [0.3, 0.4) is 0 Å². The molecule has 0 radical (unpaired) electrons. The molecule has 0 amide bonds. The molecule has 0 bridgehead atoms. The zero-order valence-electron chi connectivity index (χ0n) is 28.3. The molecule has 6 aromatic carbocycles. The molecule has 242 valence electrons. The van der Waals surface area contributed by atoms with E-state index < -0.39 is 0 Å². The molecule has 0 spiro atoms. The summed E-state index contributed by atoms with van der Waals surface area (Å²) in [6.07, 6.45) is 1.09. The fourth-order valence-electron chi connectivity index (χ4n) is 6.32. The van der Waals surface area contributed by atoms with Crippen molar-refractivity contribution in [3.63, 3.8) is 0 Å². The highest BCUT2D eigenvalue weighted by atomic mass is 16.5. The summed E-state index contributed by atoms with van der Waals surface area (Å²) in [4.78, 5) is 11.0. The zero-order valence-corrected chi connectivity index (χ0v) is 28.3. The topological polar surface area (TPSA) is 35.5 Å². The molecule has 0 heterocycles. The first-order chi connectivity index (χ1) is 23.5. The molecular formula is C45H44O3. The first-order valence-corrected chi connectivity index (χ1v) is 16.6. The smallest absolute Gasteiger partial charge is 0.302 e. The SMILES string of the molecule is CC(=O)OCC1c2ccccc2-c2ccccc21.CC(c1ccccc1)(c1ccccc1)c1ccccc1.CCc1ccc(OC)cc1. The molecule has 3 nitrogen and oxygen atoms in total. The van der Waals surface area contributed by atoms with Gasteiger partial charge in [0.15, 0.2) is 0 Å². The van der Waals surface area contributed by atoms with E-state index >= 15 is 0 Å². The number of benzene rings is 6. The lowest BCUT2D eigenvalue weighted by molar-refractivity contribution is -0.141. The maximum atomic E-state index is 11.0. The Kier molecular flexibility index (Phi) is 11.6. The van der Waals surface area contributed by atoms with Crippen molar-refractivity contribution in [2.75, 3.05) is 13.7 Å². The fraction of sp³-hybridized carbons (Fsp3) is 0.178. The summed E-state index contributed by atoms with van der Waals surface area (Å²) in [5.41, 5.74) is 10.2. The first kappa shape index (κ1) is 33.9. The minimum absolute atomic E-state index is 0.121. The van der Waals surface area contributed by atoms with Gasteiger partial charge in [0.25, 0.3) is 0 Å². The Bertz CT molecular complexity index is 1700. The normalized spacial score (nSPS) is 11.5. The summed E-state index contributed by atoms with van der Waals surface area (Å²) in [7, 11) is 1.68. The number of hydrogen-bond acceptors (Lipinski definition) is 3. The zero-order chi connectivity index (χ0) is 33.8. The molecule has 1 aliphatic carbocycles. The summed E-state index contributed by atoms with van der Waals surface area (Å²) in [6.45, 7) is 6.31. The van der Waals surface area contributed by atoms with E-state index in [1.54, 1.807) is 7.11 Å². The lowest BCUT2D eigenvalue weighted by Crippen LogP contribution is -2.25. The molecule has 0 fully saturated rings. The van der Waals surface area contributed by atoms with Crippen LogP contribution in [0.15, 0.2) is 164 Å². The van der Waals surface area contributed by atoms with Gasteiger partial charge in [0.1, 0.15) is 12.4 Å². The molecule has 0 N–H and O–H groups in total. The molecule has 0 atom stereocenters. The van der Waals surface area contributed by atoms with Crippen LogP contribution in [0.25, 0.3) is 11.1 Å². The predicted octanol–water partition coefficient (Wildman–Crippen LogP) is 10.7. The van der Waals surface area contributed by atoms with E-state index in [0.29, 0.717) is 6.61 Å². The maximum Gasteiger partial charge on any atom is 0.302 e. The van der Waals surface area contributed by atoms with Gasteiger partial charge in [0.2, 0.25) is 0 Å². The molecule has 0 saturated carbocycles. The lowest BCUT2D eigenvalue weighted by Gasteiger charge is -2.31. The van der Waals surface area contributed by atoms with Gasteiger partial charge >= 0.3 is 5.97 Å². The van der Waals surface area contributed by atoms with Gasteiger partial charge in [-0.15, -0.1) is 0 Å². The molecule has 1 aliphatic rings. The van der Waals surface area contributed by atoms with Crippen LogP contribution in [0.1, 0.15) is 60.1 Å². The summed E-state index contributed by atoms with van der Waals surface area (Å²) >= 11 is 0. The number of carbonyl (C=O) groups excluding carboxylic acids is 1. The van der Waals surface area contributed by atoms with Gasteiger partial charge in [-0.05, 0) is 70.0 Å². The molecular weight excluding hydrogens is 588 g/mol. The second kappa shape index (κ2) is 16.4. The summed E-state index contributed by atoms with van der Waals surface area (Å²) in [5, 5.41) is 0. The van der Waals surface area contributed by atoms with Gasteiger partial charge in [0, 0.05) is 18.3 Å². The third-order valence-electron chi connectivity index (χ3n) is 9.04. The molecule has 3 heteroatoms. The lowest BCUT2D eigenvalue weighted by atomic mass is 9.71.